The Morgan fingerprint density at radius 1 is 0.950 bits per heavy atom. The number of carbonyl (C=O) groups is 3. The number of aliphatic hydroxyl groups is 1. The highest BCUT2D eigenvalue weighted by molar-refractivity contribution is 5.95. The maximum absolute atomic E-state index is 15.5. The molecule has 12 heteroatoms. The number of aromatic nitrogens is 1. The predicted octanol–water partition coefficient (Wildman–Crippen LogP) is 5.27. The average Bonchev–Trinajstić information content (AvgIpc) is 3.92. The molecular formula is C48H60N4O8. The number of nitrogens with one attached hydrogen (secondary N) is 1. The zero-order valence-corrected chi connectivity index (χ0v) is 35.9. The summed E-state index contributed by atoms with van der Waals surface area (Å²) in [6, 6.07) is 11.4. The first kappa shape index (κ1) is 39.7. The summed E-state index contributed by atoms with van der Waals surface area (Å²) in [7, 11) is 6.34. The smallest absolute Gasteiger partial charge is 0.344 e. The van der Waals surface area contributed by atoms with Gasteiger partial charge < -0.3 is 38.8 Å². The number of likely N-dealkylation sites (N-methyl/N-ethyl adjacent to an activating group) is 1. The molecule has 10 rings (SSSR count). The van der Waals surface area contributed by atoms with Crippen LogP contribution in [0.5, 0.6) is 5.75 Å². The zero-order chi connectivity index (χ0) is 41.9. The summed E-state index contributed by atoms with van der Waals surface area (Å²) >= 11 is 0. The van der Waals surface area contributed by atoms with E-state index < -0.39 is 45.9 Å². The van der Waals surface area contributed by atoms with Gasteiger partial charge in [-0.2, -0.15) is 0 Å². The third kappa shape index (κ3) is 5.04. The van der Waals surface area contributed by atoms with Gasteiger partial charge in [-0.05, 0) is 86.1 Å². The number of nitrogens with zero attached hydrogens (tertiary/aromatic N) is 3. The molecular weight excluding hydrogens is 761 g/mol. The molecule has 60 heavy (non-hydrogen) atoms. The first-order chi connectivity index (χ1) is 28.9. The van der Waals surface area contributed by atoms with Crippen LogP contribution in [0.2, 0.25) is 0 Å². The summed E-state index contributed by atoms with van der Waals surface area (Å²) in [5.41, 5.74) is 0.0512. The van der Waals surface area contributed by atoms with Crippen molar-refractivity contribution in [3.8, 4) is 5.75 Å². The third-order valence-corrected chi connectivity index (χ3v) is 16.8. The van der Waals surface area contributed by atoms with Gasteiger partial charge in [0.25, 0.3) is 0 Å². The Balaban J connectivity index is 1.28. The quantitative estimate of drug-likeness (QED) is 0.192. The highest BCUT2D eigenvalue weighted by Crippen LogP contribution is 2.68. The molecule has 2 aromatic carbocycles. The van der Waals surface area contributed by atoms with Gasteiger partial charge >= 0.3 is 17.9 Å². The van der Waals surface area contributed by atoms with Crippen molar-refractivity contribution >= 4 is 34.5 Å². The number of benzene rings is 2. The van der Waals surface area contributed by atoms with Crippen LogP contribution in [-0.2, 0) is 45.8 Å². The Morgan fingerprint density at radius 3 is 2.47 bits per heavy atom. The fourth-order valence-electron chi connectivity index (χ4n) is 14.7. The van der Waals surface area contributed by atoms with E-state index in [9.17, 15) is 14.7 Å². The van der Waals surface area contributed by atoms with E-state index in [0.717, 1.165) is 71.5 Å². The van der Waals surface area contributed by atoms with E-state index in [0.29, 0.717) is 49.9 Å². The number of piperidine rings is 1. The van der Waals surface area contributed by atoms with E-state index >= 15 is 4.79 Å². The van der Waals surface area contributed by atoms with Crippen LogP contribution in [0.25, 0.3) is 10.9 Å². The molecule has 11 atom stereocenters. The lowest BCUT2D eigenvalue weighted by atomic mass is 9.47. The van der Waals surface area contributed by atoms with Gasteiger partial charge in [0.2, 0.25) is 5.60 Å². The van der Waals surface area contributed by atoms with E-state index in [2.05, 4.69) is 51.2 Å². The zero-order valence-electron chi connectivity index (χ0n) is 35.9. The molecule has 1 aromatic heterocycles. The minimum atomic E-state index is -2.27. The fraction of sp³-hybridized carbons (Fsp3) is 0.604. The lowest BCUT2D eigenvalue weighted by Gasteiger charge is -2.63. The van der Waals surface area contributed by atoms with Gasteiger partial charge in [-0.3, -0.25) is 14.5 Å². The topological polar surface area (TPSA) is 134 Å². The second-order valence-electron chi connectivity index (χ2n) is 19.0. The van der Waals surface area contributed by atoms with E-state index in [-0.39, 0.29) is 17.9 Å². The number of ether oxygens (including phenoxy) is 4. The second kappa shape index (κ2) is 14.1. The van der Waals surface area contributed by atoms with Gasteiger partial charge in [0.1, 0.15) is 11.2 Å². The number of H-pyrrole nitrogens is 1. The lowest BCUT2D eigenvalue weighted by molar-refractivity contribution is -0.228. The number of esters is 3. The maximum atomic E-state index is 15.5. The summed E-state index contributed by atoms with van der Waals surface area (Å²) in [6.45, 7) is 7.65. The van der Waals surface area contributed by atoms with Crippen molar-refractivity contribution in [3.63, 3.8) is 0 Å². The number of fused-ring (bicyclic) bond motifs is 8. The highest BCUT2D eigenvalue weighted by atomic mass is 16.6. The van der Waals surface area contributed by atoms with E-state index in [1.807, 2.05) is 31.0 Å². The summed E-state index contributed by atoms with van der Waals surface area (Å²) < 4.78 is 24.2. The molecule has 2 saturated heterocycles. The normalized spacial score (nSPS) is 37.6. The molecule has 0 radical (unpaired) electrons. The van der Waals surface area contributed by atoms with Crippen LogP contribution in [0.3, 0.4) is 0 Å². The Bertz CT molecular complexity index is 2290. The molecule has 0 amide bonds. The molecule has 2 bridgehead atoms. The van der Waals surface area contributed by atoms with Crippen LogP contribution in [-0.4, -0.2) is 123 Å². The van der Waals surface area contributed by atoms with Crippen LogP contribution >= 0.6 is 0 Å². The Kier molecular flexibility index (Phi) is 9.32. The number of methoxy groups -OCH3 is 3. The monoisotopic (exact) mass is 820 g/mol. The second-order valence-corrected chi connectivity index (χ2v) is 19.0. The van der Waals surface area contributed by atoms with E-state index in [4.69, 9.17) is 18.9 Å². The van der Waals surface area contributed by atoms with Gasteiger partial charge in [-0.15, -0.1) is 0 Å². The Hall–Kier alpha value is -4.39. The fourth-order valence-corrected chi connectivity index (χ4v) is 14.7. The molecule has 2 N–H and O–H groups in total. The largest absolute Gasteiger partial charge is 0.496 e. The molecule has 7 unspecified atom stereocenters. The van der Waals surface area contributed by atoms with Gasteiger partial charge in [0, 0.05) is 90.9 Å². The van der Waals surface area contributed by atoms with Gasteiger partial charge in [0.05, 0.1) is 27.4 Å². The number of carbonyl (C=O) groups excluding carboxylic acids is 3. The number of rotatable bonds is 6. The van der Waals surface area contributed by atoms with Crippen LogP contribution in [0.4, 0.5) is 5.69 Å². The highest BCUT2D eigenvalue weighted by Gasteiger charge is 2.80. The van der Waals surface area contributed by atoms with E-state index in [1.165, 1.54) is 40.4 Å². The molecule has 320 valence electrons. The van der Waals surface area contributed by atoms with Crippen molar-refractivity contribution in [2.24, 2.45) is 23.2 Å². The number of hydrogen-bond acceptors (Lipinski definition) is 11. The number of para-hydroxylation sites is 1. The first-order valence-electron chi connectivity index (χ1n) is 22.2. The van der Waals surface area contributed by atoms with Crippen LogP contribution < -0.4 is 9.64 Å². The Morgan fingerprint density at radius 2 is 1.72 bits per heavy atom. The predicted molar refractivity (Wildman–Crippen MR) is 226 cm³/mol. The van der Waals surface area contributed by atoms with Crippen molar-refractivity contribution in [1.29, 1.82) is 0 Å². The van der Waals surface area contributed by atoms with Crippen molar-refractivity contribution in [3.05, 3.63) is 70.9 Å². The minimum absolute atomic E-state index is 0.217. The van der Waals surface area contributed by atoms with Crippen LogP contribution in [0.1, 0.15) is 81.2 Å². The minimum Gasteiger partial charge on any atom is -0.496 e. The Labute approximate surface area is 352 Å². The van der Waals surface area contributed by atoms with Crippen molar-refractivity contribution in [2.75, 3.05) is 66.0 Å². The summed E-state index contributed by atoms with van der Waals surface area (Å²) in [5.74, 6) is 0.0532. The summed E-state index contributed by atoms with van der Waals surface area (Å²) in [5, 5.41) is 14.5. The first-order valence-corrected chi connectivity index (χ1v) is 22.2. The summed E-state index contributed by atoms with van der Waals surface area (Å²) in [4.78, 5) is 53.9. The molecule has 6 heterocycles. The standard InChI is InChI=1S/C48H60N4O8/c1-7-45-18-12-20-52-22-19-46(40(45)52)34-23-35(38(57-4)24-37(34)50(3)41(46)48(56,44(55)59-6)42(45)60-28(2)53)47(43(54)58-5)25-30-27-51(26-29-13-8-9-14-31(29)30)21-17-33-32-15-10-11-16-36(32)49-39(33)47/h10-12,15-16,18,23-24,29-31,40-42,49,56H,7-9,13-14,17,19-22,25-27H2,1-6H3/t29?,30?,31?,40-,41?,42?,45+,46?,47-,48+/m0/s1. The van der Waals surface area contributed by atoms with Gasteiger partial charge in [0.15, 0.2) is 6.10 Å². The average molecular weight is 821 g/mol. The molecule has 4 fully saturated rings. The van der Waals surface area contributed by atoms with Crippen LogP contribution in [0, 0.1) is 23.2 Å². The van der Waals surface area contributed by atoms with Crippen molar-refractivity contribution in [2.45, 2.75) is 99.8 Å². The molecule has 12 nitrogen and oxygen atoms in total. The molecule has 7 aliphatic rings. The third-order valence-electron chi connectivity index (χ3n) is 16.8. The number of anilines is 1. The molecule has 1 spiro atoms. The maximum Gasteiger partial charge on any atom is 0.344 e. The van der Waals surface area contributed by atoms with Crippen molar-refractivity contribution in [1.82, 2.24) is 14.8 Å². The van der Waals surface area contributed by atoms with Crippen LogP contribution in [0.15, 0.2) is 48.6 Å². The van der Waals surface area contributed by atoms with E-state index in [1.54, 1.807) is 7.11 Å². The molecule has 5 aliphatic heterocycles. The van der Waals surface area contributed by atoms with Gasteiger partial charge in [-0.25, -0.2) is 4.79 Å². The molecule has 2 aliphatic carbocycles. The number of hydrogen-bond donors (Lipinski definition) is 2. The SMILES string of the molecule is CC[C@]12C=CCN3CCC4(c5cc([C@@]6(C(=O)OC)CC7CN(CCc8c6[nH]c6ccccc86)CC6CCCCC67)c(OC)cc5N(C)C4[C@](O)(C(=O)OC)C1OC(C)=O)[C@@H]32. The molecule has 3 aromatic rings. The summed E-state index contributed by atoms with van der Waals surface area (Å²) in [6.07, 6.45) is 10.1. The molecule has 2 saturated carbocycles. The lowest BCUT2D eigenvalue weighted by Crippen LogP contribution is -2.81. The van der Waals surface area contributed by atoms with Gasteiger partial charge in [-0.1, -0.05) is 50.1 Å². The number of aromatic amines is 1. The van der Waals surface area contributed by atoms with Crippen molar-refractivity contribution < 1.29 is 38.4 Å².